The molecule has 1 aromatic heterocycles. The quantitative estimate of drug-likeness (QED) is 0.570. The van der Waals surface area contributed by atoms with Crippen LogP contribution in [0.15, 0.2) is 17.9 Å². The van der Waals surface area contributed by atoms with Gasteiger partial charge in [-0.3, -0.25) is 4.21 Å². The van der Waals surface area contributed by atoms with E-state index in [1.807, 2.05) is 0 Å². The van der Waals surface area contributed by atoms with Gasteiger partial charge in [0.25, 0.3) is 0 Å². The zero-order valence-corrected chi connectivity index (χ0v) is 6.54. The summed E-state index contributed by atoms with van der Waals surface area (Å²) in [5.41, 5.74) is 1.85. The molecule has 0 aromatic carbocycles. The third-order valence-corrected chi connectivity index (χ3v) is 2.53. The molecule has 1 unspecified atom stereocenters. The Labute approximate surface area is 66.6 Å². The van der Waals surface area contributed by atoms with E-state index in [1.54, 1.807) is 17.7 Å². The molecule has 1 aromatic rings. The van der Waals surface area contributed by atoms with Gasteiger partial charge < -0.3 is 0 Å². The van der Waals surface area contributed by atoms with E-state index in [4.69, 9.17) is 0 Å². The Kier molecular flexibility index (Phi) is 1.54. The van der Waals surface area contributed by atoms with Crippen LogP contribution in [-0.2, 0) is 16.6 Å². The smallest absolute Gasteiger partial charge is 0.116 e. The molecule has 0 N–H and O–H groups in total. The lowest BCUT2D eigenvalue weighted by Gasteiger charge is -2.05. The number of hydrogen-bond acceptors (Lipinski definition) is 3. The molecule has 0 amide bonds. The van der Waals surface area contributed by atoms with Gasteiger partial charge in [0.2, 0.25) is 0 Å². The van der Waals surface area contributed by atoms with E-state index >= 15 is 0 Å². The van der Waals surface area contributed by atoms with Crippen LogP contribution in [0.4, 0.5) is 0 Å². The van der Waals surface area contributed by atoms with E-state index in [-0.39, 0.29) is 0 Å². The van der Waals surface area contributed by atoms with E-state index in [0.717, 1.165) is 11.3 Å². The molecule has 56 valence electrons. The Morgan fingerprint density at radius 2 is 2.45 bits per heavy atom. The summed E-state index contributed by atoms with van der Waals surface area (Å²) in [4.78, 5) is 7.87. The maximum absolute atomic E-state index is 11.0. The van der Waals surface area contributed by atoms with Crippen molar-refractivity contribution in [2.75, 3.05) is 0 Å². The Balaban J connectivity index is 2.54. The zero-order chi connectivity index (χ0) is 7.68. The lowest BCUT2D eigenvalue weighted by atomic mass is 10.2. The molecule has 1 aliphatic rings. The first-order chi connectivity index (χ1) is 5.36. The second-order valence-electron chi connectivity index (χ2n) is 2.26. The number of fused-ring (bicyclic) bond motifs is 1. The maximum atomic E-state index is 11.0. The van der Waals surface area contributed by atoms with Gasteiger partial charge in [-0.05, 0) is 6.08 Å². The van der Waals surface area contributed by atoms with Gasteiger partial charge in [-0.2, -0.15) is 0 Å². The molecule has 0 saturated carbocycles. The molecule has 0 radical (unpaired) electrons. The first kappa shape index (κ1) is 6.67. The molecule has 0 fully saturated rings. The highest BCUT2D eigenvalue weighted by Gasteiger charge is 2.08. The molecule has 0 spiro atoms. The van der Waals surface area contributed by atoms with Gasteiger partial charge in [-0.15, -0.1) is 0 Å². The minimum atomic E-state index is -0.862. The van der Waals surface area contributed by atoms with Gasteiger partial charge in [-0.1, -0.05) is 0 Å². The van der Waals surface area contributed by atoms with Crippen molar-refractivity contribution in [3.05, 3.63) is 29.2 Å². The van der Waals surface area contributed by atoms with E-state index in [9.17, 15) is 4.21 Å². The molecule has 0 aliphatic carbocycles. The Morgan fingerprint density at radius 1 is 1.55 bits per heavy atom. The third kappa shape index (κ3) is 1.21. The number of hydrogen-bond donors (Lipinski definition) is 0. The summed E-state index contributed by atoms with van der Waals surface area (Å²) in [6, 6.07) is 0. The van der Waals surface area contributed by atoms with Crippen molar-refractivity contribution < 1.29 is 4.21 Å². The standard InChI is InChI=1S/C7H6N2OS/c10-11-2-1-7-6(4-11)3-8-5-9-7/h1-3,5H,4H2. The van der Waals surface area contributed by atoms with E-state index in [1.165, 1.54) is 6.33 Å². The fourth-order valence-electron chi connectivity index (χ4n) is 0.971. The molecule has 1 atom stereocenters. The van der Waals surface area contributed by atoms with Crippen LogP contribution in [0.25, 0.3) is 6.08 Å². The van der Waals surface area contributed by atoms with Gasteiger partial charge in [0.15, 0.2) is 0 Å². The highest BCUT2D eigenvalue weighted by Crippen LogP contribution is 2.14. The Hall–Kier alpha value is -1.03. The van der Waals surface area contributed by atoms with Crippen LogP contribution in [-0.4, -0.2) is 14.2 Å². The summed E-state index contributed by atoms with van der Waals surface area (Å²) in [7, 11) is -0.862. The second-order valence-corrected chi connectivity index (χ2v) is 3.58. The molecule has 3 nitrogen and oxygen atoms in total. The van der Waals surface area contributed by atoms with Crippen molar-refractivity contribution in [2.24, 2.45) is 0 Å². The average molecular weight is 166 g/mol. The lowest BCUT2D eigenvalue weighted by Crippen LogP contribution is -2.02. The fraction of sp³-hybridized carbons (Fsp3) is 0.143. The molecular formula is C7H6N2OS. The number of rotatable bonds is 0. The van der Waals surface area contributed by atoms with Crippen LogP contribution < -0.4 is 0 Å². The predicted molar refractivity (Wildman–Crippen MR) is 42.9 cm³/mol. The van der Waals surface area contributed by atoms with Crippen molar-refractivity contribution in [1.82, 2.24) is 9.97 Å². The van der Waals surface area contributed by atoms with Crippen molar-refractivity contribution in [3.63, 3.8) is 0 Å². The van der Waals surface area contributed by atoms with Crippen molar-refractivity contribution in [1.29, 1.82) is 0 Å². The summed E-state index contributed by atoms with van der Waals surface area (Å²) in [5, 5.41) is 1.66. The van der Waals surface area contributed by atoms with Crippen molar-refractivity contribution in [3.8, 4) is 0 Å². The van der Waals surface area contributed by atoms with Crippen LogP contribution in [0.2, 0.25) is 0 Å². The first-order valence-electron chi connectivity index (χ1n) is 3.20. The third-order valence-electron chi connectivity index (χ3n) is 1.50. The first-order valence-corrected chi connectivity index (χ1v) is 4.59. The van der Waals surface area contributed by atoms with Crippen molar-refractivity contribution >= 4 is 16.9 Å². The van der Waals surface area contributed by atoms with Crippen LogP contribution >= 0.6 is 0 Å². The second kappa shape index (κ2) is 2.54. The van der Waals surface area contributed by atoms with Crippen molar-refractivity contribution in [2.45, 2.75) is 5.75 Å². The number of aromatic nitrogens is 2. The molecule has 2 heterocycles. The van der Waals surface area contributed by atoms with Gasteiger partial charge in [0.1, 0.15) is 6.33 Å². The SMILES string of the molecule is O=S1C=Cc2ncncc2C1. The van der Waals surface area contributed by atoms with Crippen LogP contribution in [0.3, 0.4) is 0 Å². The summed E-state index contributed by atoms with van der Waals surface area (Å²) in [6.45, 7) is 0. The Morgan fingerprint density at radius 3 is 3.36 bits per heavy atom. The molecule has 0 bridgehead atoms. The highest BCUT2D eigenvalue weighted by molar-refractivity contribution is 7.87. The summed E-state index contributed by atoms with van der Waals surface area (Å²) in [6.07, 6.45) is 4.98. The number of nitrogens with zero attached hydrogens (tertiary/aromatic N) is 2. The molecule has 2 rings (SSSR count). The molecule has 4 heteroatoms. The van der Waals surface area contributed by atoms with Gasteiger partial charge in [0, 0.05) is 17.2 Å². The van der Waals surface area contributed by atoms with Gasteiger partial charge in [-0.25, -0.2) is 9.97 Å². The molecule has 0 saturated heterocycles. The Bertz CT molecular complexity index is 335. The fourth-order valence-corrected chi connectivity index (χ4v) is 1.88. The molecular weight excluding hydrogens is 160 g/mol. The van der Waals surface area contributed by atoms with Crippen LogP contribution in [0.1, 0.15) is 11.3 Å². The largest absolute Gasteiger partial charge is 0.255 e. The monoisotopic (exact) mass is 166 g/mol. The van der Waals surface area contributed by atoms with E-state index < -0.39 is 10.8 Å². The van der Waals surface area contributed by atoms with Crippen LogP contribution in [0, 0.1) is 0 Å². The zero-order valence-electron chi connectivity index (χ0n) is 5.73. The minimum Gasteiger partial charge on any atom is -0.255 e. The van der Waals surface area contributed by atoms with Gasteiger partial charge in [0.05, 0.1) is 22.2 Å². The topological polar surface area (TPSA) is 42.9 Å². The summed E-state index contributed by atoms with van der Waals surface area (Å²) >= 11 is 0. The highest BCUT2D eigenvalue weighted by atomic mass is 32.2. The van der Waals surface area contributed by atoms with E-state index in [2.05, 4.69) is 9.97 Å². The summed E-state index contributed by atoms with van der Waals surface area (Å²) < 4.78 is 11.0. The molecule has 1 aliphatic heterocycles. The lowest BCUT2D eigenvalue weighted by molar-refractivity contribution is 0.687. The summed E-state index contributed by atoms with van der Waals surface area (Å²) in [5.74, 6) is 0.548. The molecule has 11 heavy (non-hydrogen) atoms. The predicted octanol–water partition coefficient (Wildman–Crippen LogP) is 0.710. The van der Waals surface area contributed by atoms with Gasteiger partial charge >= 0.3 is 0 Å². The van der Waals surface area contributed by atoms with E-state index in [0.29, 0.717) is 5.75 Å². The minimum absolute atomic E-state index is 0.548. The maximum Gasteiger partial charge on any atom is 0.116 e. The van der Waals surface area contributed by atoms with Crippen LogP contribution in [0.5, 0.6) is 0 Å². The average Bonchev–Trinajstić information content (AvgIpc) is 2.04. The normalized spacial score (nSPS) is 21.3.